The maximum absolute atomic E-state index is 5.04. The van der Waals surface area contributed by atoms with Crippen molar-refractivity contribution in [2.24, 2.45) is 0 Å². The molecule has 0 bridgehead atoms. The first-order valence-corrected chi connectivity index (χ1v) is 8.62. The van der Waals surface area contributed by atoms with Crippen molar-refractivity contribution in [3.05, 3.63) is 41.1 Å². The molecule has 0 amide bonds. The minimum atomic E-state index is 0.494. The summed E-state index contributed by atoms with van der Waals surface area (Å²) >= 11 is 0. The highest BCUT2D eigenvalue weighted by atomic mass is 15.3. The van der Waals surface area contributed by atoms with Crippen molar-refractivity contribution < 1.29 is 0 Å². The summed E-state index contributed by atoms with van der Waals surface area (Å²) in [5.74, 6) is 2.28. The SMILES string of the molecule is CCC(CC)c1nn(-c2ccccc2C(C)C)c2c1CCN2. The van der Waals surface area contributed by atoms with Gasteiger partial charge in [-0.3, -0.25) is 0 Å². The van der Waals surface area contributed by atoms with E-state index in [4.69, 9.17) is 5.10 Å². The number of anilines is 1. The molecule has 0 saturated heterocycles. The monoisotopic (exact) mass is 297 g/mol. The zero-order valence-electron chi connectivity index (χ0n) is 14.2. The number of fused-ring (bicyclic) bond motifs is 1. The number of hydrogen-bond acceptors (Lipinski definition) is 2. The second-order valence-corrected chi connectivity index (χ2v) is 6.53. The summed E-state index contributed by atoms with van der Waals surface area (Å²) in [5, 5.41) is 8.60. The van der Waals surface area contributed by atoms with Crippen molar-refractivity contribution in [1.29, 1.82) is 0 Å². The number of nitrogens with zero attached hydrogens (tertiary/aromatic N) is 2. The zero-order chi connectivity index (χ0) is 15.7. The zero-order valence-corrected chi connectivity index (χ0v) is 14.2. The van der Waals surface area contributed by atoms with E-state index in [1.807, 2.05) is 0 Å². The summed E-state index contributed by atoms with van der Waals surface area (Å²) in [4.78, 5) is 0. The van der Waals surface area contributed by atoms with E-state index in [1.165, 1.54) is 28.3 Å². The minimum Gasteiger partial charge on any atom is -0.369 e. The Morgan fingerprint density at radius 2 is 1.91 bits per heavy atom. The molecule has 118 valence electrons. The van der Waals surface area contributed by atoms with Crippen molar-refractivity contribution in [2.45, 2.75) is 58.8 Å². The van der Waals surface area contributed by atoms with Crippen LogP contribution in [0.5, 0.6) is 0 Å². The van der Waals surface area contributed by atoms with Gasteiger partial charge >= 0.3 is 0 Å². The lowest BCUT2D eigenvalue weighted by Gasteiger charge is -2.15. The molecule has 0 atom stereocenters. The molecule has 22 heavy (non-hydrogen) atoms. The predicted molar refractivity (Wildman–Crippen MR) is 93.2 cm³/mol. The normalized spacial score (nSPS) is 13.7. The lowest BCUT2D eigenvalue weighted by Crippen LogP contribution is -2.09. The third-order valence-electron chi connectivity index (χ3n) is 4.84. The molecule has 1 aromatic heterocycles. The number of aromatic nitrogens is 2. The Kier molecular flexibility index (Phi) is 4.23. The first kappa shape index (κ1) is 15.1. The van der Waals surface area contributed by atoms with Gasteiger partial charge in [-0.2, -0.15) is 5.10 Å². The Morgan fingerprint density at radius 1 is 1.18 bits per heavy atom. The van der Waals surface area contributed by atoms with Gasteiger partial charge in [0.25, 0.3) is 0 Å². The average molecular weight is 297 g/mol. The van der Waals surface area contributed by atoms with Crippen LogP contribution in [0.25, 0.3) is 5.69 Å². The second-order valence-electron chi connectivity index (χ2n) is 6.53. The second kappa shape index (κ2) is 6.15. The van der Waals surface area contributed by atoms with Crippen LogP contribution in [0.4, 0.5) is 5.82 Å². The van der Waals surface area contributed by atoms with Crippen molar-refractivity contribution in [1.82, 2.24) is 9.78 Å². The van der Waals surface area contributed by atoms with Crippen molar-refractivity contribution in [2.75, 3.05) is 11.9 Å². The number of rotatable bonds is 5. The molecule has 2 heterocycles. The van der Waals surface area contributed by atoms with Gasteiger partial charge in [-0.05, 0) is 36.8 Å². The summed E-state index contributed by atoms with van der Waals surface area (Å²) < 4.78 is 2.16. The molecule has 0 spiro atoms. The van der Waals surface area contributed by atoms with Crippen LogP contribution < -0.4 is 5.32 Å². The summed E-state index contributed by atoms with van der Waals surface area (Å²) in [5.41, 5.74) is 5.33. The predicted octanol–water partition coefficient (Wildman–Crippen LogP) is 4.87. The van der Waals surface area contributed by atoms with Crippen LogP contribution in [-0.4, -0.2) is 16.3 Å². The molecule has 3 rings (SSSR count). The fourth-order valence-electron chi connectivity index (χ4n) is 3.55. The Labute approximate surface area is 133 Å². The van der Waals surface area contributed by atoms with Gasteiger partial charge in [0.15, 0.2) is 0 Å². The van der Waals surface area contributed by atoms with Gasteiger partial charge in [-0.1, -0.05) is 45.9 Å². The van der Waals surface area contributed by atoms with Gasteiger partial charge in [-0.25, -0.2) is 4.68 Å². The van der Waals surface area contributed by atoms with Crippen molar-refractivity contribution in [3.63, 3.8) is 0 Å². The third kappa shape index (κ3) is 2.43. The van der Waals surface area contributed by atoms with E-state index in [9.17, 15) is 0 Å². The highest BCUT2D eigenvalue weighted by Gasteiger charge is 2.27. The van der Waals surface area contributed by atoms with E-state index in [0.29, 0.717) is 11.8 Å². The topological polar surface area (TPSA) is 29.9 Å². The van der Waals surface area contributed by atoms with Crippen LogP contribution in [0.15, 0.2) is 24.3 Å². The van der Waals surface area contributed by atoms with Gasteiger partial charge in [0.05, 0.1) is 11.4 Å². The van der Waals surface area contributed by atoms with E-state index in [-0.39, 0.29) is 0 Å². The fraction of sp³-hybridized carbons (Fsp3) is 0.526. The van der Waals surface area contributed by atoms with Crippen LogP contribution in [0.1, 0.15) is 69.2 Å². The first-order valence-electron chi connectivity index (χ1n) is 8.62. The lowest BCUT2D eigenvalue weighted by atomic mass is 9.96. The molecule has 0 aliphatic carbocycles. The molecular weight excluding hydrogens is 270 g/mol. The summed E-state index contributed by atoms with van der Waals surface area (Å²) in [6.45, 7) is 10.1. The van der Waals surface area contributed by atoms with E-state index < -0.39 is 0 Å². The maximum Gasteiger partial charge on any atom is 0.133 e. The Hall–Kier alpha value is -1.77. The third-order valence-corrected chi connectivity index (χ3v) is 4.84. The smallest absolute Gasteiger partial charge is 0.133 e. The van der Waals surface area contributed by atoms with Crippen LogP contribution in [0, 0.1) is 0 Å². The number of benzene rings is 1. The Bertz CT molecular complexity index is 651. The lowest BCUT2D eigenvalue weighted by molar-refractivity contribution is 0.607. The molecule has 0 fully saturated rings. The van der Waals surface area contributed by atoms with Gasteiger partial charge in [0.2, 0.25) is 0 Å². The van der Waals surface area contributed by atoms with E-state index in [0.717, 1.165) is 25.8 Å². The molecule has 3 heteroatoms. The fourth-order valence-corrected chi connectivity index (χ4v) is 3.55. The minimum absolute atomic E-state index is 0.494. The quantitative estimate of drug-likeness (QED) is 0.853. The average Bonchev–Trinajstić information content (AvgIpc) is 3.12. The Balaban J connectivity index is 2.15. The van der Waals surface area contributed by atoms with Crippen LogP contribution in [0.2, 0.25) is 0 Å². The molecule has 1 aliphatic heterocycles. The molecule has 1 aromatic carbocycles. The molecule has 2 aromatic rings. The summed E-state index contributed by atoms with van der Waals surface area (Å²) in [6, 6.07) is 8.65. The maximum atomic E-state index is 5.04. The number of para-hydroxylation sites is 1. The Morgan fingerprint density at radius 3 is 2.59 bits per heavy atom. The van der Waals surface area contributed by atoms with E-state index >= 15 is 0 Å². The van der Waals surface area contributed by atoms with Crippen LogP contribution in [-0.2, 0) is 6.42 Å². The van der Waals surface area contributed by atoms with Gasteiger partial charge in [-0.15, -0.1) is 0 Å². The molecule has 0 saturated carbocycles. The molecular formula is C19H27N3. The van der Waals surface area contributed by atoms with Crippen molar-refractivity contribution >= 4 is 5.82 Å². The van der Waals surface area contributed by atoms with Gasteiger partial charge in [0, 0.05) is 18.0 Å². The van der Waals surface area contributed by atoms with Gasteiger partial charge in [0.1, 0.15) is 5.82 Å². The molecule has 1 N–H and O–H groups in total. The molecule has 0 unspecified atom stereocenters. The molecule has 1 aliphatic rings. The molecule has 0 radical (unpaired) electrons. The van der Waals surface area contributed by atoms with E-state index in [1.54, 1.807) is 0 Å². The van der Waals surface area contributed by atoms with Crippen molar-refractivity contribution in [3.8, 4) is 5.69 Å². The largest absolute Gasteiger partial charge is 0.369 e. The van der Waals surface area contributed by atoms with Crippen LogP contribution >= 0.6 is 0 Å². The number of nitrogens with one attached hydrogen (secondary N) is 1. The number of hydrogen-bond donors (Lipinski definition) is 1. The van der Waals surface area contributed by atoms with Crippen LogP contribution in [0.3, 0.4) is 0 Å². The van der Waals surface area contributed by atoms with E-state index in [2.05, 4.69) is 62.0 Å². The van der Waals surface area contributed by atoms with Gasteiger partial charge < -0.3 is 5.32 Å². The standard InChI is InChI=1S/C19H27N3/c1-5-14(6-2)18-16-11-12-20-19(16)22(21-18)17-10-8-7-9-15(17)13(3)4/h7-10,13-14,20H,5-6,11-12H2,1-4H3. The summed E-state index contributed by atoms with van der Waals surface area (Å²) in [7, 11) is 0. The highest BCUT2D eigenvalue weighted by molar-refractivity contribution is 5.59. The summed E-state index contributed by atoms with van der Waals surface area (Å²) in [6.07, 6.45) is 3.42. The molecule has 3 nitrogen and oxygen atoms in total. The first-order chi connectivity index (χ1) is 10.7. The highest BCUT2D eigenvalue weighted by Crippen LogP contribution is 2.36.